The summed E-state index contributed by atoms with van der Waals surface area (Å²) in [4.78, 5) is 16.4. The fourth-order valence-electron chi connectivity index (χ4n) is 2.41. The van der Waals surface area contributed by atoms with Gasteiger partial charge in [0.1, 0.15) is 15.6 Å². The zero-order chi connectivity index (χ0) is 16.9. The third-order valence-corrected chi connectivity index (χ3v) is 4.65. The maximum absolute atomic E-state index is 11.5. The second-order valence-electron chi connectivity index (χ2n) is 5.22. The molecule has 0 saturated heterocycles. The predicted molar refractivity (Wildman–Crippen MR) is 94.9 cm³/mol. The summed E-state index contributed by atoms with van der Waals surface area (Å²) in [6.07, 6.45) is 0.510. The van der Waals surface area contributed by atoms with Crippen molar-refractivity contribution >= 4 is 17.3 Å². The molecule has 1 heterocycles. The molecule has 3 rings (SSSR count). The highest BCUT2D eigenvalue weighted by Crippen LogP contribution is 2.30. The van der Waals surface area contributed by atoms with E-state index in [1.54, 1.807) is 0 Å². The van der Waals surface area contributed by atoms with Gasteiger partial charge in [0, 0.05) is 12.0 Å². The van der Waals surface area contributed by atoms with Crippen LogP contribution in [0.15, 0.2) is 54.6 Å². The van der Waals surface area contributed by atoms with Gasteiger partial charge in [0.2, 0.25) is 0 Å². The molecule has 0 radical (unpaired) electrons. The van der Waals surface area contributed by atoms with Crippen LogP contribution in [0.25, 0.3) is 10.6 Å². The fourth-order valence-corrected chi connectivity index (χ4v) is 3.34. The lowest BCUT2D eigenvalue weighted by molar-refractivity contribution is 0.0701. The average Bonchev–Trinajstić information content (AvgIpc) is 3.01. The number of thiazole rings is 1. The molecular weight excluding hydrogens is 322 g/mol. The van der Waals surface area contributed by atoms with Crippen molar-refractivity contribution in [1.29, 1.82) is 0 Å². The zero-order valence-corrected chi connectivity index (χ0v) is 14.0. The molecule has 0 amide bonds. The normalized spacial score (nSPS) is 10.5. The molecule has 4 nitrogen and oxygen atoms in total. The van der Waals surface area contributed by atoms with E-state index in [0.717, 1.165) is 16.9 Å². The van der Waals surface area contributed by atoms with Crippen LogP contribution in [0, 0.1) is 0 Å². The largest absolute Gasteiger partial charge is 0.494 e. The summed E-state index contributed by atoms with van der Waals surface area (Å²) < 4.78 is 5.43. The van der Waals surface area contributed by atoms with Gasteiger partial charge < -0.3 is 9.84 Å². The third-order valence-electron chi connectivity index (χ3n) is 3.52. The van der Waals surface area contributed by atoms with Crippen molar-refractivity contribution in [2.75, 3.05) is 6.61 Å². The molecule has 122 valence electrons. The van der Waals surface area contributed by atoms with E-state index in [4.69, 9.17) is 4.74 Å². The van der Waals surface area contributed by atoms with Crippen LogP contribution < -0.4 is 4.74 Å². The summed E-state index contributed by atoms with van der Waals surface area (Å²) in [6.45, 7) is 2.55. The van der Waals surface area contributed by atoms with Gasteiger partial charge in [0.15, 0.2) is 0 Å². The number of ether oxygens (including phenoxy) is 1. The molecule has 1 N–H and O–H groups in total. The molecule has 1 aromatic heterocycles. The number of carbonyl (C=O) groups is 1. The summed E-state index contributed by atoms with van der Waals surface area (Å²) in [7, 11) is 0. The molecule has 0 spiro atoms. The summed E-state index contributed by atoms with van der Waals surface area (Å²) >= 11 is 1.21. The van der Waals surface area contributed by atoms with Crippen molar-refractivity contribution in [1.82, 2.24) is 4.98 Å². The fraction of sp³-hybridized carbons (Fsp3) is 0.158. The van der Waals surface area contributed by atoms with Crippen LogP contribution in [0.2, 0.25) is 0 Å². The highest BCUT2D eigenvalue weighted by molar-refractivity contribution is 7.17. The molecular formula is C19H17NO3S. The molecule has 0 aliphatic rings. The highest BCUT2D eigenvalue weighted by Gasteiger charge is 2.18. The van der Waals surface area contributed by atoms with E-state index in [1.165, 1.54) is 11.3 Å². The minimum absolute atomic E-state index is 0.294. The van der Waals surface area contributed by atoms with Gasteiger partial charge in [-0.2, -0.15) is 0 Å². The van der Waals surface area contributed by atoms with Gasteiger partial charge in [-0.1, -0.05) is 30.3 Å². The van der Waals surface area contributed by atoms with Crippen LogP contribution in [-0.4, -0.2) is 22.7 Å². The van der Waals surface area contributed by atoms with Crippen LogP contribution in [0.3, 0.4) is 0 Å². The van der Waals surface area contributed by atoms with Crippen molar-refractivity contribution in [3.05, 3.63) is 70.7 Å². The number of benzene rings is 2. The Bertz CT molecular complexity index is 826. The lowest BCUT2D eigenvalue weighted by atomic mass is 10.1. The SMILES string of the molecule is CCOc1ccc(-c2nc(Cc3ccccc3)c(C(=O)O)s2)cc1. The van der Waals surface area contributed by atoms with Crippen LogP contribution in [0.1, 0.15) is 27.9 Å². The van der Waals surface area contributed by atoms with E-state index in [1.807, 2.05) is 61.5 Å². The smallest absolute Gasteiger partial charge is 0.347 e. The molecule has 24 heavy (non-hydrogen) atoms. The lowest BCUT2D eigenvalue weighted by Crippen LogP contribution is -1.99. The Labute approximate surface area is 144 Å². The van der Waals surface area contributed by atoms with Crippen LogP contribution in [-0.2, 0) is 6.42 Å². The molecule has 0 aliphatic carbocycles. The predicted octanol–water partition coefficient (Wildman–Crippen LogP) is 4.50. The Morgan fingerprint density at radius 1 is 1.12 bits per heavy atom. The highest BCUT2D eigenvalue weighted by atomic mass is 32.1. The Morgan fingerprint density at radius 3 is 2.46 bits per heavy atom. The number of aromatic nitrogens is 1. The van der Waals surface area contributed by atoms with Crippen LogP contribution >= 0.6 is 11.3 Å². The summed E-state index contributed by atoms with van der Waals surface area (Å²) in [6, 6.07) is 17.3. The van der Waals surface area contributed by atoms with Crippen molar-refractivity contribution < 1.29 is 14.6 Å². The third kappa shape index (κ3) is 3.63. The minimum Gasteiger partial charge on any atom is -0.494 e. The number of hydrogen-bond donors (Lipinski definition) is 1. The van der Waals surface area contributed by atoms with E-state index in [0.29, 0.717) is 28.6 Å². The molecule has 5 heteroatoms. The van der Waals surface area contributed by atoms with Gasteiger partial charge in [-0.05, 0) is 36.8 Å². The topological polar surface area (TPSA) is 59.4 Å². The van der Waals surface area contributed by atoms with E-state index < -0.39 is 5.97 Å². The standard InChI is InChI=1S/C19H17NO3S/c1-2-23-15-10-8-14(9-11-15)18-20-16(17(24-18)19(21)22)12-13-6-4-3-5-7-13/h3-11H,2,12H2,1H3,(H,21,22). The zero-order valence-electron chi connectivity index (χ0n) is 13.2. The van der Waals surface area contributed by atoms with Crippen molar-refractivity contribution in [2.45, 2.75) is 13.3 Å². The quantitative estimate of drug-likeness (QED) is 0.718. The second kappa shape index (κ2) is 7.27. The molecule has 0 fully saturated rings. The van der Waals surface area contributed by atoms with Gasteiger partial charge in [-0.15, -0.1) is 11.3 Å². The Hall–Kier alpha value is -2.66. The maximum atomic E-state index is 11.5. The second-order valence-corrected chi connectivity index (χ2v) is 6.22. The van der Waals surface area contributed by atoms with Crippen molar-refractivity contribution in [3.63, 3.8) is 0 Å². The van der Waals surface area contributed by atoms with Gasteiger partial charge in [-0.3, -0.25) is 0 Å². The Kier molecular flexibility index (Phi) is 4.91. The Morgan fingerprint density at radius 2 is 1.83 bits per heavy atom. The first-order chi connectivity index (χ1) is 11.7. The first-order valence-electron chi connectivity index (χ1n) is 7.67. The number of aromatic carboxylic acids is 1. The van der Waals surface area contributed by atoms with Crippen LogP contribution in [0.4, 0.5) is 0 Å². The molecule has 0 unspecified atom stereocenters. The van der Waals surface area contributed by atoms with E-state index in [9.17, 15) is 9.90 Å². The van der Waals surface area contributed by atoms with E-state index in [-0.39, 0.29) is 0 Å². The summed E-state index contributed by atoms with van der Waals surface area (Å²) in [5.41, 5.74) is 2.54. The van der Waals surface area contributed by atoms with Gasteiger partial charge in [0.05, 0.1) is 12.3 Å². The number of rotatable bonds is 6. The average molecular weight is 339 g/mol. The molecule has 0 bridgehead atoms. The number of carboxylic acids is 1. The van der Waals surface area contributed by atoms with Gasteiger partial charge >= 0.3 is 5.97 Å². The van der Waals surface area contributed by atoms with E-state index >= 15 is 0 Å². The monoisotopic (exact) mass is 339 g/mol. The lowest BCUT2D eigenvalue weighted by Gasteiger charge is -2.03. The Balaban J connectivity index is 1.92. The number of hydrogen-bond acceptors (Lipinski definition) is 4. The molecule has 0 saturated carbocycles. The van der Waals surface area contributed by atoms with Crippen molar-refractivity contribution in [2.24, 2.45) is 0 Å². The van der Waals surface area contributed by atoms with Gasteiger partial charge in [-0.25, -0.2) is 9.78 Å². The molecule has 3 aromatic rings. The number of nitrogens with zero attached hydrogens (tertiary/aromatic N) is 1. The maximum Gasteiger partial charge on any atom is 0.347 e. The molecule has 2 aromatic carbocycles. The first-order valence-corrected chi connectivity index (χ1v) is 8.49. The summed E-state index contributed by atoms with van der Waals surface area (Å²) in [5.74, 6) is -0.142. The summed E-state index contributed by atoms with van der Waals surface area (Å²) in [5, 5.41) is 10.2. The van der Waals surface area contributed by atoms with E-state index in [2.05, 4.69) is 4.98 Å². The minimum atomic E-state index is -0.935. The van der Waals surface area contributed by atoms with Crippen molar-refractivity contribution in [3.8, 4) is 16.3 Å². The molecule has 0 aliphatic heterocycles. The number of carboxylic acid groups (broad SMARTS) is 1. The van der Waals surface area contributed by atoms with Crippen LogP contribution in [0.5, 0.6) is 5.75 Å². The van der Waals surface area contributed by atoms with Gasteiger partial charge in [0.25, 0.3) is 0 Å². The first kappa shape index (κ1) is 16.2. The molecule has 0 atom stereocenters.